The minimum absolute atomic E-state index is 0.304. The molecule has 0 bridgehead atoms. The van der Waals surface area contributed by atoms with Crippen LogP contribution in [0.5, 0.6) is 0 Å². The molecule has 42 valence electrons. The molecule has 0 fully saturated rings. The highest BCUT2D eigenvalue weighted by Gasteiger charge is 1.85. The van der Waals surface area contributed by atoms with Gasteiger partial charge in [-0.1, -0.05) is 11.6 Å². The van der Waals surface area contributed by atoms with E-state index in [4.69, 9.17) is 18.5 Å². The average molecular weight is 134 g/mol. The van der Waals surface area contributed by atoms with Crippen LogP contribution in [0.15, 0.2) is 12.2 Å². The van der Waals surface area contributed by atoms with Gasteiger partial charge in [0.15, 0.2) is 5.15 Å². The van der Waals surface area contributed by atoms with Gasteiger partial charge in [-0.3, -0.25) is 0 Å². The van der Waals surface area contributed by atoms with E-state index in [-0.39, 0.29) is 5.15 Å². The average Bonchev–Trinajstić information content (AvgIpc) is 1.95. The summed E-state index contributed by atoms with van der Waals surface area (Å²) in [6.45, 7) is -2.55. The number of hydrogen-bond acceptors (Lipinski definition) is 2. The van der Waals surface area contributed by atoms with Crippen molar-refractivity contribution in [1.29, 1.82) is 0 Å². The Kier molecular flexibility index (Phi) is 0.511. The fraction of sp³-hybridized carbons (Fsp3) is 0.200. The monoisotopic (exact) mass is 133 g/mol. The molecule has 1 aromatic rings. The third-order valence-corrected chi connectivity index (χ3v) is 0.698. The van der Waals surface area contributed by atoms with Crippen LogP contribution in [0.3, 0.4) is 0 Å². The Bertz CT molecular complexity index is 336. The summed E-state index contributed by atoms with van der Waals surface area (Å²) >= 11 is 5.40. The summed E-state index contributed by atoms with van der Waals surface area (Å²) < 4.78 is 35.5. The zero-order chi connectivity index (χ0) is 10.2. The van der Waals surface area contributed by atoms with E-state index in [1.807, 2.05) is 0 Å². The highest BCUT2D eigenvalue weighted by Crippen LogP contribution is 2.02. The van der Waals surface area contributed by atoms with Crippen LogP contribution in [0, 0.1) is 6.85 Å². The summed E-state index contributed by atoms with van der Waals surface area (Å²) in [5, 5.41) is 6.15. The molecule has 0 saturated heterocycles. The van der Waals surface area contributed by atoms with E-state index in [1.54, 1.807) is 0 Å². The molecule has 0 spiro atoms. The van der Waals surface area contributed by atoms with E-state index in [0.717, 1.165) is 0 Å². The minimum atomic E-state index is -2.55. The lowest BCUT2D eigenvalue weighted by Crippen LogP contribution is -1.80. The highest BCUT2D eigenvalue weighted by molar-refractivity contribution is 6.29. The van der Waals surface area contributed by atoms with Crippen molar-refractivity contribution in [2.24, 2.45) is 0 Å². The van der Waals surface area contributed by atoms with Gasteiger partial charge < -0.3 is 0 Å². The Morgan fingerprint density at radius 3 is 3.50 bits per heavy atom. The van der Waals surface area contributed by atoms with Gasteiger partial charge >= 0.3 is 0 Å². The molecule has 0 aliphatic rings. The largest absolute Gasteiger partial charge is 0.157 e. The molecule has 8 heavy (non-hydrogen) atoms. The number of hydrogen-bond donors (Lipinski definition) is 0. The second kappa shape index (κ2) is 2.09. The van der Waals surface area contributed by atoms with Crippen LogP contribution in [0.25, 0.3) is 0 Å². The van der Waals surface area contributed by atoms with Crippen molar-refractivity contribution in [1.82, 2.24) is 10.2 Å². The molecule has 0 unspecified atom stereocenters. The van der Waals surface area contributed by atoms with Gasteiger partial charge in [-0.2, -0.15) is 5.10 Å². The molecule has 0 aromatic carbocycles. The minimum Gasteiger partial charge on any atom is -0.157 e. The van der Waals surface area contributed by atoms with Crippen molar-refractivity contribution in [3.05, 3.63) is 22.9 Å². The van der Waals surface area contributed by atoms with Gasteiger partial charge in [0, 0.05) is 4.11 Å². The number of halogens is 1. The fourth-order valence-electron chi connectivity index (χ4n) is 0.275. The first-order chi connectivity index (χ1) is 5.84. The van der Waals surface area contributed by atoms with E-state index < -0.39 is 24.6 Å². The molecule has 0 radical (unpaired) electrons. The van der Waals surface area contributed by atoms with Crippen molar-refractivity contribution in [3.8, 4) is 0 Å². The first kappa shape index (κ1) is 1.95. The van der Waals surface area contributed by atoms with Crippen molar-refractivity contribution < 1.29 is 6.85 Å². The first-order valence-electron chi connectivity index (χ1n) is 4.34. The molecule has 1 aromatic heterocycles. The predicted octanol–water partition coefficient (Wildman–Crippen LogP) is 1.44. The van der Waals surface area contributed by atoms with Gasteiger partial charge in [0.05, 0.1) is 8.91 Å². The zero-order valence-corrected chi connectivity index (χ0v) is 4.53. The highest BCUT2D eigenvalue weighted by atomic mass is 35.5. The molecule has 3 heteroatoms. The Hall–Kier alpha value is -0.630. The smallest absolute Gasteiger partial charge is 0.151 e. The summed E-state index contributed by atoms with van der Waals surface area (Å²) in [6.07, 6.45) is -0.533. The third kappa shape index (κ3) is 1.17. The molecular weight excluding hydrogens is 124 g/mol. The summed E-state index contributed by atoms with van der Waals surface area (Å²) in [5.74, 6) is 0. The van der Waals surface area contributed by atoms with Crippen LogP contribution < -0.4 is 0 Å². The molecule has 0 amide bonds. The Morgan fingerprint density at radius 1 is 2.00 bits per heavy atom. The van der Waals surface area contributed by atoms with Crippen LogP contribution >= 0.6 is 11.6 Å². The van der Waals surface area contributed by atoms with Crippen LogP contribution in [0.4, 0.5) is 0 Å². The second-order valence-corrected chi connectivity index (χ2v) is 1.46. The molecule has 0 aliphatic heterocycles. The van der Waals surface area contributed by atoms with E-state index in [1.165, 1.54) is 0 Å². The number of aromatic nitrogens is 2. The summed E-state index contributed by atoms with van der Waals surface area (Å²) in [5.41, 5.74) is -0.465. The van der Waals surface area contributed by atoms with Gasteiger partial charge in [0.2, 0.25) is 0 Å². The topological polar surface area (TPSA) is 25.8 Å². The van der Waals surface area contributed by atoms with Gasteiger partial charge in [0.1, 0.15) is 0 Å². The van der Waals surface area contributed by atoms with Crippen molar-refractivity contribution in [2.75, 3.05) is 0 Å². The predicted molar refractivity (Wildman–Crippen MR) is 31.8 cm³/mol. The van der Waals surface area contributed by atoms with Crippen LogP contribution in [0.1, 0.15) is 12.4 Å². The third-order valence-electron chi connectivity index (χ3n) is 0.528. The van der Waals surface area contributed by atoms with E-state index in [0.29, 0.717) is 0 Å². The van der Waals surface area contributed by atoms with E-state index in [9.17, 15) is 0 Å². The number of rotatable bonds is 0. The lowest BCUT2D eigenvalue weighted by atomic mass is 10.4. The molecule has 1 heterocycles. The Morgan fingerprint density at radius 2 is 2.88 bits per heavy atom. The maximum Gasteiger partial charge on any atom is 0.151 e. The van der Waals surface area contributed by atoms with Crippen LogP contribution in [0.2, 0.25) is 5.15 Å². The second-order valence-electron chi connectivity index (χ2n) is 1.10. The van der Waals surface area contributed by atoms with Crippen molar-refractivity contribution >= 4 is 11.6 Å². The van der Waals surface area contributed by atoms with E-state index >= 15 is 0 Å². The lowest BCUT2D eigenvalue weighted by molar-refractivity contribution is 1.02. The SMILES string of the molecule is [2H]c1nnc(Cl)c([2H])c1C([2H])([2H])[2H]. The van der Waals surface area contributed by atoms with Crippen LogP contribution in [-0.2, 0) is 0 Å². The maximum atomic E-state index is 7.28. The Balaban J connectivity index is 3.43. The standard InChI is InChI=1S/C5H5ClN2/c1-4-2-5(6)8-7-3-4/h2-3H,1H3/i1D3,2D,3D. The van der Waals surface area contributed by atoms with Gasteiger partial charge in [-0.25, -0.2) is 0 Å². The van der Waals surface area contributed by atoms with Crippen LogP contribution in [-0.4, -0.2) is 10.2 Å². The molecule has 1 rings (SSSR count). The number of nitrogens with zero attached hydrogens (tertiary/aromatic N) is 2. The quantitative estimate of drug-likeness (QED) is 0.535. The zero-order valence-electron chi connectivity index (χ0n) is 8.77. The molecule has 2 nitrogen and oxygen atoms in total. The molecule has 0 aliphatic carbocycles. The molecule has 0 saturated carbocycles. The Labute approximate surface area is 59.5 Å². The summed E-state index contributed by atoms with van der Waals surface area (Å²) in [6, 6.07) is -0.457. The first-order valence-corrected chi connectivity index (χ1v) is 2.21. The van der Waals surface area contributed by atoms with Crippen molar-refractivity contribution in [3.63, 3.8) is 0 Å². The van der Waals surface area contributed by atoms with E-state index in [2.05, 4.69) is 10.2 Å². The maximum absolute atomic E-state index is 7.28. The summed E-state index contributed by atoms with van der Waals surface area (Å²) in [4.78, 5) is 0. The lowest BCUT2D eigenvalue weighted by Gasteiger charge is -1.86. The van der Waals surface area contributed by atoms with Crippen molar-refractivity contribution in [2.45, 2.75) is 6.85 Å². The summed E-state index contributed by atoms with van der Waals surface area (Å²) in [7, 11) is 0. The van der Waals surface area contributed by atoms with Gasteiger partial charge in [-0.15, -0.1) is 5.10 Å². The van der Waals surface area contributed by atoms with Gasteiger partial charge in [-0.05, 0) is 18.5 Å². The molecular formula is C5H5ClN2. The van der Waals surface area contributed by atoms with Gasteiger partial charge in [0.25, 0.3) is 0 Å². The molecule has 0 N–H and O–H groups in total. The molecule has 0 atom stereocenters. The normalized spacial score (nSPS) is 19.9. The fourth-order valence-corrected chi connectivity index (χ4v) is 0.407.